The van der Waals surface area contributed by atoms with Crippen LogP contribution in [0.25, 0.3) is 11.1 Å². The molecule has 2 aromatic rings. The molecule has 0 aromatic heterocycles. The molecule has 0 aliphatic rings. The molecule has 16 heavy (non-hydrogen) atoms. The first-order valence-electron chi connectivity index (χ1n) is 4.75. The van der Waals surface area contributed by atoms with Crippen molar-refractivity contribution in [1.82, 2.24) is 0 Å². The highest BCUT2D eigenvalue weighted by Crippen LogP contribution is 2.30. The van der Waals surface area contributed by atoms with Crippen LogP contribution in [0.1, 0.15) is 10.4 Å². The van der Waals surface area contributed by atoms with Crippen LogP contribution in [0.5, 0.6) is 5.75 Å². The molecule has 2 rings (SSSR count). The molecule has 0 heterocycles. The number of benzene rings is 2. The molecule has 2 nitrogen and oxygen atoms in total. The number of phenolic OH excluding ortho intramolecular Hbond substituents is 1. The van der Waals surface area contributed by atoms with Crippen molar-refractivity contribution in [1.29, 1.82) is 0 Å². The van der Waals surface area contributed by atoms with E-state index >= 15 is 0 Å². The van der Waals surface area contributed by atoms with Gasteiger partial charge in [-0.2, -0.15) is 0 Å². The number of aromatic hydroxyl groups is 1. The quantitative estimate of drug-likeness (QED) is 0.805. The van der Waals surface area contributed by atoms with Gasteiger partial charge in [-0.3, -0.25) is 4.79 Å². The van der Waals surface area contributed by atoms with Crippen LogP contribution in [0.15, 0.2) is 42.5 Å². The molecule has 0 aliphatic heterocycles. The van der Waals surface area contributed by atoms with Crippen molar-refractivity contribution in [3.8, 4) is 16.9 Å². The van der Waals surface area contributed by atoms with E-state index in [0.29, 0.717) is 11.3 Å². The second kappa shape index (κ2) is 4.37. The van der Waals surface area contributed by atoms with Gasteiger partial charge < -0.3 is 5.11 Å². The molecule has 0 fully saturated rings. The average Bonchev–Trinajstić information content (AvgIpc) is 2.29. The van der Waals surface area contributed by atoms with E-state index in [1.165, 1.54) is 6.07 Å². The minimum atomic E-state index is -0.0348. The Hall–Kier alpha value is -1.80. The van der Waals surface area contributed by atoms with Gasteiger partial charge in [0.2, 0.25) is 0 Å². The molecule has 0 saturated heterocycles. The third kappa shape index (κ3) is 1.92. The smallest absolute Gasteiger partial charge is 0.153 e. The highest BCUT2D eigenvalue weighted by molar-refractivity contribution is 6.33. The lowest BCUT2D eigenvalue weighted by atomic mass is 10.0. The first-order valence-corrected chi connectivity index (χ1v) is 5.13. The van der Waals surface area contributed by atoms with Crippen molar-refractivity contribution in [2.24, 2.45) is 0 Å². The third-order valence-corrected chi connectivity index (χ3v) is 2.67. The lowest BCUT2D eigenvalue weighted by Crippen LogP contribution is -1.84. The largest absolute Gasteiger partial charge is 0.507 e. The standard InChI is InChI=1S/C13H9ClO2/c14-12-4-2-1-3-11(12)9-5-6-10(8-15)13(16)7-9/h1-8,16H. The Morgan fingerprint density at radius 2 is 1.88 bits per heavy atom. The van der Waals surface area contributed by atoms with E-state index in [0.717, 1.165) is 11.1 Å². The molecule has 0 aliphatic carbocycles. The SMILES string of the molecule is O=Cc1ccc(-c2ccccc2Cl)cc1O. The van der Waals surface area contributed by atoms with Gasteiger partial charge >= 0.3 is 0 Å². The van der Waals surface area contributed by atoms with E-state index in [9.17, 15) is 9.90 Å². The molecule has 3 heteroatoms. The summed E-state index contributed by atoms with van der Waals surface area (Å²) in [6.45, 7) is 0. The number of halogens is 1. The molecule has 0 radical (unpaired) electrons. The minimum absolute atomic E-state index is 0.0348. The maximum atomic E-state index is 10.6. The number of aldehydes is 1. The highest BCUT2D eigenvalue weighted by atomic mass is 35.5. The zero-order chi connectivity index (χ0) is 11.5. The van der Waals surface area contributed by atoms with Gasteiger partial charge in [0.05, 0.1) is 5.56 Å². The average molecular weight is 233 g/mol. The highest BCUT2D eigenvalue weighted by Gasteiger charge is 2.05. The van der Waals surface area contributed by atoms with Crippen LogP contribution in [-0.2, 0) is 0 Å². The van der Waals surface area contributed by atoms with Crippen molar-refractivity contribution in [3.63, 3.8) is 0 Å². The zero-order valence-electron chi connectivity index (χ0n) is 8.35. The fourth-order valence-electron chi connectivity index (χ4n) is 1.51. The lowest BCUT2D eigenvalue weighted by molar-refractivity contribution is 0.112. The predicted octanol–water partition coefficient (Wildman–Crippen LogP) is 3.53. The van der Waals surface area contributed by atoms with Gasteiger partial charge in [0.25, 0.3) is 0 Å². The van der Waals surface area contributed by atoms with E-state index in [1.54, 1.807) is 18.2 Å². The number of rotatable bonds is 2. The third-order valence-electron chi connectivity index (χ3n) is 2.34. The Balaban J connectivity index is 2.54. The second-order valence-corrected chi connectivity index (χ2v) is 3.78. The Kier molecular flexibility index (Phi) is 2.93. The van der Waals surface area contributed by atoms with E-state index in [-0.39, 0.29) is 11.3 Å². The van der Waals surface area contributed by atoms with Crippen molar-refractivity contribution in [2.75, 3.05) is 0 Å². The molecule has 0 spiro atoms. The summed E-state index contributed by atoms with van der Waals surface area (Å²) >= 11 is 6.03. The summed E-state index contributed by atoms with van der Waals surface area (Å²) in [6.07, 6.45) is 0.617. The summed E-state index contributed by atoms with van der Waals surface area (Å²) in [4.78, 5) is 10.6. The van der Waals surface area contributed by atoms with E-state index in [2.05, 4.69) is 0 Å². The van der Waals surface area contributed by atoms with Crippen molar-refractivity contribution < 1.29 is 9.90 Å². The molecule has 0 atom stereocenters. The first kappa shape index (κ1) is 10.7. The topological polar surface area (TPSA) is 37.3 Å². The van der Waals surface area contributed by atoms with Crippen LogP contribution in [-0.4, -0.2) is 11.4 Å². The Morgan fingerprint density at radius 3 is 2.50 bits per heavy atom. The number of hydrogen-bond donors (Lipinski definition) is 1. The van der Waals surface area contributed by atoms with Gasteiger partial charge in [0.1, 0.15) is 5.75 Å². The normalized spacial score (nSPS) is 10.1. The van der Waals surface area contributed by atoms with Gasteiger partial charge in [0.15, 0.2) is 6.29 Å². The summed E-state index contributed by atoms with van der Waals surface area (Å²) in [7, 11) is 0. The number of hydrogen-bond acceptors (Lipinski definition) is 2. The number of phenols is 1. The number of carbonyl (C=O) groups excluding carboxylic acids is 1. The molecule has 0 amide bonds. The molecular formula is C13H9ClO2. The zero-order valence-corrected chi connectivity index (χ0v) is 9.11. The summed E-state index contributed by atoms with van der Waals surface area (Å²) < 4.78 is 0. The first-order chi connectivity index (χ1) is 7.72. The van der Waals surface area contributed by atoms with Crippen LogP contribution in [0, 0.1) is 0 Å². The summed E-state index contributed by atoms with van der Waals surface area (Å²) in [6, 6.07) is 12.2. The fourth-order valence-corrected chi connectivity index (χ4v) is 1.75. The summed E-state index contributed by atoms with van der Waals surface area (Å²) in [5.41, 5.74) is 1.89. The predicted molar refractivity (Wildman–Crippen MR) is 63.9 cm³/mol. The van der Waals surface area contributed by atoms with Gasteiger partial charge in [-0.05, 0) is 23.8 Å². The van der Waals surface area contributed by atoms with Crippen LogP contribution in [0.2, 0.25) is 5.02 Å². The van der Waals surface area contributed by atoms with E-state index < -0.39 is 0 Å². The lowest BCUT2D eigenvalue weighted by Gasteiger charge is -2.05. The van der Waals surface area contributed by atoms with Crippen molar-refractivity contribution in [2.45, 2.75) is 0 Å². The molecule has 0 bridgehead atoms. The Morgan fingerprint density at radius 1 is 1.12 bits per heavy atom. The molecule has 2 aromatic carbocycles. The van der Waals surface area contributed by atoms with Crippen LogP contribution in [0.4, 0.5) is 0 Å². The maximum Gasteiger partial charge on any atom is 0.153 e. The van der Waals surface area contributed by atoms with E-state index in [1.807, 2.05) is 18.2 Å². The molecule has 0 unspecified atom stereocenters. The maximum absolute atomic E-state index is 10.6. The van der Waals surface area contributed by atoms with Crippen molar-refractivity contribution in [3.05, 3.63) is 53.1 Å². The monoisotopic (exact) mass is 232 g/mol. The van der Waals surface area contributed by atoms with Crippen LogP contribution in [0.3, 0.4) is 0 Å². The number of carbonyl (C=O) groups is 1. The van der Waals surface area contributed by atoms with Crippen LogP contribution >= 0.6 is 11.6 Å². The summed E-state index contributed by atoms with van der Waals surface area (Å²) in [5, 5.41) is 10.2. The fraction of sp³-hybridized carbons (Fsp3) is 0. The van der Waals surface area contributed by atoms with Gasteiger partial charge in [0, 0.05) is 10.6 Å². The Labute approximate surface area is 98.1 Å². The second-order valence-electron chi connectivity index (χ2n) is 3.37. The van der Waals surface area contributed by atoms with E-state index in [4.69, 9.17) is 11.6 Å². The van der Waals surface area contributed by atoms with Gasteiger partial charge in [-0.1, -0.05) is 35.9 Å². The van der Waals surface area contributed by atoms with Crippen molar-refractivity contribution >= 4 is 17.9 Å². The van der Waals surface area contributed by atoms with Gasteiger partial charge in [-0.25, -0.2) is 0 Å². The molecular weight excluding hydrogens is 224 g/mol. The molecule has 80 valence electrons. The molecule has 0 saturated carbocycles. The van der Waals surface area contributed by atoms with Gasteiger partial charge in [-0.15, -0.1) is 0 Å². The van der Waals surface area contributed by atoms with Crippen LogP contribution < -0.4 is 0 Å². The Bertz CT molecular complexity index is 535. The minimum Gasteiger partial charge on any atom is -0.507 e. The summed E-state index contributed by atoms with van der Waals surface area (Å²) in [5.74, 6) is -0.0348. The molecule has 1 N–H and O–H groups in total.